The highest BCUT2D eigenvalue weighted by Gasteiger charge is 2.56. The molecule has 2 aromatic heterocycles. The molecule has 4 atom stereocenters. The molecular formula is C11H10F2N6O3S. The monoisotopic (exact) mass is 344 g/mol. The van der Waals surface area contributed by atoms with E-state index < -0.39 is 36.8 Å². The standard InChI is InChI=1S/C11H10F2N6O3S/c12-4-6(22-11(2-20,8(4)21)18-19-15)3-1-23-7-5(3)16-10(13)17-9(7)14/h1,4,6,8,20-21H,2H2,(H2,14,16,17)/t4-,6-,8-,11?/m0/s1. The number of rotatable bonds is 3. The summed E-state index contributed by atoms with van der Waals surface area (Å²) in [6, 6.07) is 0. The average molecular weight is 344 g/mol. The number of anilines is 1. The minimum atomic E-state index is -2.16. The van der Waals surface area contributed by atoms with Crippen molar-refractivity contribution in [3.05, 3.63) is 27.5 Å². The summed E-state index contributed by atoms with van der Waals surface area (Å²) in [6.45, 7) is -0.928. The maximum atomic E-state index is 14.4. The smallest absolute Gasteiger partial charge is 0.311 e. The number of nitrogens with zero attached hydrogens (tertiary/aromatic N) is 5. The first-order valence-electron chi connectivity index (χ1n) is 6.30. The summed E-state index contributed by atoms with van der Waals surface area (Å²) in [7, 11) is 0. The van der Waals surface area contributed by atoms with Crippen molar-refractivity contribution >= 4 is 27.4 Å². The van der Waals surface area contributed by atoms with E-state index in [0.717, 1.165) is 11.3 Å². The Morgan fingerprint density at radius 2 is 2.30 bits per heavy atom. The zero-order valence-corrected chi connectivity index (χ0v) is 12.1. The van der Waals surface area contributed by atoms with Gasteiger partial charge in [-0.15, -0.1) is 11.3 Å². The third-order valence-electron chi connectivity index (χ3n) is 3.57. The molecule has 0 spiro atoms. The third-order valence-corrected chi connectivity index (χ3v) is 4.58. The molecule has 12 heteroatoms. The van der Waals surface area contributed by atoms with E-state index >= 15 is 0 Å². The fraction of sp³-hybridized carbons (Fsp3) is 0.455. The number of halogens is 2. The van der Waals surface area contributed by atoms with Crippen LogP contribution in [0.1, 0.15) is 11.7 Å². The van der Waals surface area contributed by atoms with Crippen molar-refractivity contribution in [2.75, 3.05) is 12.3 Å². The topological polar surface area (TPSA) is 150 Å². The SMILES string of the molecule is [N-]=[N+]=NC1(CO)O[C@@H](c2csc3c(N)nc(F)nc23)[C@H](F)[C@@H]1O. The molecule has 3 rings (SSSR count). The van der Waals surface area contributed by atoms with Crippen LogP contribution in [0.2, 0.25) is 0 Å². The highest BCUT2D eigenvalue weighted by Crippen LogP contribution is 2.45. The van der Waals surface area contributed by atoms with Crippen LogP contribution in [0.15, 0.2) is 10.5 Å². The van der Waals surface area contributed by atoms with E-state index in [0.29, 0.717) is 4.70 Å². The minimum absolute atomic E-state index is 0.0366. The molecule has 1 saturated heterocycles. The van der Waals surface area contributed by atoms with Crippen molar-refractivity contribution in [2.45, 2.75) is 24.1 Å². The Labute approximate surface area is 131 Å². The van der Waals surface area contributed by atoms with Crippen molar-refractivity contribution in [3.8, 4) is 0 Å². The highest BCUT2D eigenvalue weighted by atomic mass is 32.1. The number of aliphatic hydroxyl groups excluding tert-OH is 2. The van der Waals surface area contributed by atoms with Crippen LogP contribution in [-0.2, 0) is 4.74 Å². The largest absolute Gasteiger partial charge is 0.393 e. The minimum Gasteiger partial charge on any atom is -0.393 e. The molecule has 0 aromatic carbocycles. The Morgan fingerprint density at radius 1 is 1.57 bits per heavy atom. The fourth-order valence-corrected chi connectivity index (χ4v) is 3.39. The van der Waals surface area contributed by atoms with Gasteiger partial charge in [-0.1, -0.05) is 5.11 Å². The van der Waals surface area contributed by atoms with E-state index in [2.05, 4.69) is 20.0 Å². The lowest BCUT2D eigenvalue weighted by molar-refractivity contribution is -0.107. The molecule has 4 N–H and O–H groups in total. The molecule has 0 aliphatic carbocycles. The van der Waals surface area contributed by atoms with Gasteiger partial charge in [-0.3, -0.25) is 0 Å². The molecule has 0 saturated carbocycles. The average Bonchev–Trinajstić information content (AvgIpc) is 3.03. The zero-order chi connectivity index (χ0) is 16.8. The van der Waals surface area contributed by atoms with Crippen LogP contribution in [0, 0.1) is 6.08 Å². The van der Waals surface area contributed by atoms with E-state index in [-0.39, 0.29) is 16.9 Å². The molecule has 0 radical (unpaired) electrons. The Hall–Kier alpha value is -2.11. The van der Waals surface area contributed by atoms with Gasteiger partial charge in [0.15, 0.2) is 11.9 Å². The second-order valence-electron chi connectivity index (χ2n) is 4.87. The number of alkyl halides is 1. The Morgan fingerprint density at radius 3 is 2.96 bits per heavy atom. The molecule has 9 nitrogen and oxygen atoms in total. The predicted octanol–water partition coefficient (Wildman–Crippen LogP) is 1.18. The van der Waals surface area contributed by atoms with Gasteiger partial charge in [0.2, 0.25) is 0 Å². The first-order chi connectivity index (χ1) is 10.9. The maximum Gasteiger partial charge on any atom is 0.311 e. The van der Waals surface area contributed by atoms with E-state index in [9.17, 15) is 19.0 Å². The summed E-state index contributed by atoms with van der Waals surface area (Å²) in [5, 5.41) is 23.9. The van der Waals surface area contributed by atoms with Gasteiger partial charge in [-0.25, -0.2) is 9.37 Å². The van der Waals surface area contributed by atoms with Crippen LogP contribution >= 0.6 is 11.3 Å². The van der Waals surface area contributed by atoms with Gasteiger partial charge in [-0.05, 0) is 10.9 Å². The summed E-state index contributed by atoms with van der Waals surface area (Å²) < 4.78 is 33.4. The van der Waals surface area contributed by atoms with Gasteiger partial charge in [-0.2, -0.15) is 9.37 Å². The molecule has 2 aromatic rings. The first-order valence-corrected chi connectivity index (χ1v) is 7.18. The van der Waals surface area contributed by atoms with Gasteiger partial charge in [0, 0.05) is 10.5 Å². The molecule has 0 bridgehead atoms. The summed E-state index contributed by atoms with van der Waals surface area (Å²) in [5.74, 6) is -0.110. The quantitative estimate of drug-likeness (QED) is 0.329. The van der Waals surface area contributed by atoms with Gasteiger partial charge in [0.25, 0.3) is 0 Å². The lowest BCUT2D eigenvalue weighted by Crippen LogP contribution is -2.43. The highest BCUT2D eigenvalue weighted by molar-refractivity contribution is 7.17. The van der Waals surface area contributed by atoms with E-state index in [1.165, 1.54) is 5.38 Å². The molecule has 1 unspecified atom stereocenters. The molecule has 23 heavy (non-hydrogen) atoms. The number of fused-ring (bicyclic) bond motifs is 1. The van der Waals surface area contributed by atoms with Gasteiger partial charge < -0.3 is 20.7 Å². The summed E-state index contributed by atoms with van der Waals surface area (Å²) >= 11 is 1.05. The van der Waals surface area contributed by atoms with Gasteiger partial charge >= 0.3 is 6.08 Å². The van der Waals surface area contributed by atoms with Crippen molar-refractivity contribution in [1.82, 2.24) is 9.97 Å². The van der Waals surface area contributed by atoms with Crippen LogP contribution in [0.25, 0.3) is 20.7 Å². The number of aliphatic hydroxyl groups is 2. The van der Waals surface area contributed by atoms with Gasteiger partial charge in [0.1, 0.15) is 18.0 Å². The number of thiophene rings is 1. The van der Waals surface area contributed by atoms with Crippen LogP contribution in [0.3, 0.4) is 0 Å². The van der Waals surface area contributed by atoms with E-state index in [1.54, 1.807) is 0 Å². The lowest BCUT2D eigenvalue weighted by Gasteiger charge is -2.23. The second kappa shape index (κ2) is 5.51. The number of ether oxygens (including phenoxy) is 1. The zero-order valence-electron chi connectivity index (χ0n) is 11.3. The number of hydrogen-bond acceptors (Lipinski definition) is 8. The number of hydrogen-bond donors (Lipinski definition) is 3. The van der Waals surface area contributed by atoms with Gasteiger partial charge in [0.05, 0.1) is 16.8 Å². The molecule has 1 aliphatic heterocycles. The number of azide groups is 1. The molecule has 3 heterocycles. The predicted molar refractivity (Wildman–Crippen MR) is 75.5 cm³/mol. The number of aromatic nitrogens is 2. The van der Waals surface area contributed by atoms with Crippen molar-refractivity contribution in [3.63, 3.8) is 0 Å². The van der Waals surface area contributed by atoms with Crippen molar-refractivity contribution in [1.29, 1.82) is 0 Å². The fourth-order valence-electron chi connectivity index (χ4n) is 2.46. The molecule has 122 valence electrons. The van der Waals surface area contributed by atoms with Crippen LogP contribution < -0.4 is 5.73 Å². The number of nitrogen functional groups attached to an aromatic ring is 1. The Kier molecular flexibility index (Phi) is 3.78. The van der Waals surface area contributed by atoms with E-state index in [4.69, 9.17) is 16.0 Å². The molecule has 1 aliphatic rings. The third kappa shape index (κ3) is 2.28. The Balaban J connectivity index is 2.11. The van der Waals surface area contributed by atoms with Crippen LogP contribution in [0.5, 0.6) is 0 Å². The van der Waals surface area contributed by atoms with Crippen LogP contribution in [0.4, 0.5) is 14.6 Å². The molecular weight excluding hydrogens is 334 g/mol. The normalized spacial score (nSPS) is 30.5. The second-order valence-corrected chi connectivity index (χ2v) is 5.75. The Bertz CT molecular complexity index is 812. The summed E-state index contributed by atoms with van der Waals surface area (Å²) in [5.41, 5.74) is 12.1. The van der Waals surface area contributed by atoms with Crippen LogP contribution in [-0.4, -0.2) is 44.8 Å². The molecule has 1 fully saturated rings. The summed E-state index contributed by atoms with van der Waals surface area (Å²) in [6.07, 6.45) is -6.42. The number of nitrogens with two attached hydrogens (primary N) is 1. The van der Waals surface area contributed by atoms with Crippen molar-refractivity contribution < 1.29 is 23.7 Å². The van der Waals surface area contributed by atoms with Crippen molar-refractivity contribution in [2.24, 2.45) is 5.11 Å². The summed E-state index contributed by atoms with van der Waals surface area (Å²) in [4.78, 5) is 9.41. The van der Waals surface area contributed by atoms with E-state index in [1.807, 2.05) is 0 Å². The maximum absolute atomic E-state index is 14.4. The lowest BCUT2D eigenvalue weighted by atomic mass is 10.0. The molecule has 0 amide bonds. The first kappa shape index (κ1) is 15.8.